The normalized spacial score (nSPS) is 13.3. The summed E-state index contributed by atoms with van der Waals surface area (Å²) in [6, 6.07) is 10.6. The van der Waals surface area contributed by atoms with Crippen LogP contribution < -0.4 is 20.3 Å². The first-order chi connectivity index (χ1) is 16.4. The second kappa shape index (κ2) is 10.7. The Hall–Kier alpha value is -3.10. The molecule has 1 unspecified atom stereocenters. The summed E-state index contributed by atoms with van der Waals surface area (Å²) in [6.07, 6.45) is 0. The standard InChI is InChI=1S/C26H32ClN3O5/c1-16-9-10-19-21(22(16)35-15-26(5,13-27)14-31)24(33)29-23(28-19)17-7-6-8-18(11-17)34-12-20(32)30-25(2,3)4/h6-11,31H,12-15H2,1-5H3,(H,30,32)(H,28,29,33). The predicted octanol–water partition coefficient (Wildman–Crippen LogP) is 3.81. The number of rotatable bonds is 9. The summed E-state index contributed by atoms with van der Waals surface area (Å²) in [7, 11) is 0. The molecular weight excluding hydrogens is 470 g/mol. The molecule has 0 saturated heterocycles. The summed E-state index contributed by atoms with van der Waals surface area (Å²) in [6.45, 7) is 9.22. The van der Waals surface area contributed by atoms with Crippen molar-refractivity contribution in [1.82, 2.24) is 15.3 Å². The van der Waals surface area contributed by atoms with E-state index in [9.17, 15) is 14.7 Å². The molecule has 0 fully saturated rings. The van der Waals surface area contributed by atoms with Crippen LogP contribution in [0.1, 0.15) is 33.3 Å². The third kappa shape index (κ3) is 6.74. The molecule has 8 nitrogen and oxygen atoms in total. The highest BCUT2D eigenvalue weighted by molar-refractivity contribution is 6.18. The lowest BCUT2D eigenvalue weighted by atomic mass is 9.96. The van der Waals surface area contributed by atoms with Gasteiger partial charge in [-0.3, -0.25) is 9.59 Å². The molecule has 188 valence electrons. The van der Waals surface area contributed by atoms with Gasteiger partial charge in [-0.25, -0.2) is 4.98 Å². The minimum absolute atomic E-state index is 0.128. The average molecular weight is 502 g/mol. The number of nitrogens with one attached hydrogen (secondary N) is 2. The fourth-order valence-corrected chi connectivity index (χ4v) is 3.50. The number of carbonyl (C=O) groups is 1. The fourth-order valence-electron chi connectivity index (χ4n) is 3.34. The van der Waals surface area contributed by atoms with Gasteiger partial charge < -0.3 is 24.9 Å². The molecule has 0 aliphatic heterocycles. The Morgan fingerprint density at radius 1 is 1.17 bits per heavy atom. The third-order valence-corrected chi connectivity index (χ3v) is 5.93. The van der Waals surface area contributed by atoms with Gasteiger partial charge in [0.25, 0.3) is 11.5 Å². The van der Waals surface area contributed by atoms with Gasteiger partial charge in [0, 0.05) is 22.4 Å². The molecule has 0 saturated carbocycles. The Labute approximate surface area is 209 Å². The first kappa shape index (κ1) is 26.5. The summed E-state index contributed by atoms with van der Waals surface area (Å²) in [5.74, 6) is 1.24. The lowest BCUT2D eigenvalue weighted by Gasteiger charge is -2.25. The largest absolute Gasteiger partial charge is 0.492 e. The molecule has 35 heavy (non-hydrogen) atoms. The number of hydrogen-bond donors (Lipinski definition) is 3. The highest BCUT2D eigenvalue weighted by Crippen LogP contribution is 2.30. The molecule has 3 N–H and O–H groups in total. The maximum absolute atomic E-state index is 13.1. The number of H-pyrrole nitrogens is 1. The number of fused-ring (bicyclic) bond motifs is 1. The van der Waals surface area contributed by atoms with Gasteiger partial charge in [-0.1, -0.05) is 25.1 Å². The number of ether oxygens (including phenoxy) is 2. The smallest absolute Gasteiger partial charge is 0.262 e. The zero-order valence-corrected chi connectivity index (χ0v) is 21.5. The summed E-state index contributed by atoms with van der Waals surface area (Å²) >= 11 is 5.98. The Bertz CT molecular complexity index is 1260. The minimum Gasteiger partial charge on any atom is -0.492 e. The zero-order valence-electron chi connectivity index (χ0n) is 20.7. The van der Waals surface area contributed by atoms with Crippen molar-refractivity contribution in [2.75, 3.05) is 25.7 Å². The van der Waals surface area contributed by atoms with E-state index < -0.39 is 5.41 Å². The number of aliphatic hydroxyl groups excluding tert-OH is 1. The number of halogens is 1. The molecule has 1 heterocycles. The van der Waals surface area contributed by atoms with E-state index in [0.29, 0.717) is 33.8 Å². The molecular formula is C26H32ClN3O5. The van der Waals surface area contributed by atoms with E-state index in [1.165, 1.54) is 0 Å². The maximum Gasteiger partial charge on any atom is 0.262 e. The van der Waals surface area contributed by atoms with E-state index >= 15 is 0 Å². The van der Waals surface area contributed by atoms with Crippen LogP contribution >= 0.6 is 11.6 Å². The van der Waals surface area contributed by atoms with Crippen molar-refractivity contribution in [3.63, 3.8) is 0 Å². The van der Waals surface area contributed by atoms with E-state index in [1.807, 2.05) is 40.7 Å². The maximum atomic E-state index is 13.1. The van der Waals surface area contributed by atoms with Crippen molar-refractivity contribution < 1.29 is 19.4 Å². The van der Waals surface area contributed by atoms with Crippen LogP contribution in [0.4, 0.5) is 0 Å². The van der Waals surface area contributed by atoms with Gasteiger partial charge in [-0.15, -0.1) is 11.6 Å². The third-order valence-electron chi connectivity index (χ3n) is 5.28. The van der Waals surface area contributed by atoms with Crippen LogP contribution in [0.2, 0.25) is 0 Å². The number of benzene rings is 2. The van der Waals surface area contributed by atoms with Crippen LogP contribution in [0.5, 0.6) is 11.5 Å². The van der Waals surface area contributed by atoms with Crippen LogP contribution in [0.3, 0.4) is 0 Å². The quantitative estimate of drug-likeness (QED) is 0.384. The Balaban J connectivity index is 1.89. The SMILES string of the molecule is Cc1ccc2nc(-c3cccc(OCC(=O)NC(C)(C)C)c3)[nH]c(=O)c2c1OCC(C)(CO)CCl. The van der Waals surface area contributed by atoms with Crippen molar-refractivity contribution in [2.24, 2.45) is 5.41 Å². The topological polar surface area (TPSA) is 114 Å². The van der Waals surface area contributed by atoms with Crippen LogP contribution in [-0.2, 0) is 4.79 Å². The number of aromatic amines is 1. The molecule has 0 aliphatic carbocycles. The molecule has 0 bridgehead atoms. The number of alkyl halides is 1. The molecule has 0 aliphatic rings. The van der Waals surface area contributed by atoms with E-state index in [1.54, 1.807) is 30.3 Å². The number of aromatic nitrogens is 2. The van der Waals surface area contributed by atoms with Crippen molar-refractivity contribution >= 4 is 28.4 Å². The highest BCUT2D eigenvalue weighted by atomic mass is 35.5. The van der Waals surface area contributed by atoms with Crippen LogP contribution in [0.15, 0.2) is 41.2 Å². The Morgan fingerprint density at radius 3 is 2.57 bits per heavy atom. The monoisotopic (exact) mass is 501 g/mol. The Kier molecular flexibility index (Phi) is 8.07. The van der Waals surface area contributed by atoms with Gasteiger partial charge in [0.2, 0.25) is 0 Å². The van der Waals surface area contributed by atoms with Crippen molar-refractivity contribution in [3.05, 3.63) is 52.3 Å². The van der Waals surface area contributed by atoms with Crippen molar-refractivity contribution in [3.8, 4) is 22.9 Å². The van der Waals surface area contributed by atoms with Gasteiger partial charge in [0.05, 0.1) is 18.7 Å². The summed E-state index contributed by atoms with van der Waals surface area (Å²) in [4.78, 5) is 32.6. The number of aryl methyl sites for hydroxylation is 1. The molecule has 0 radical (unpaired) electrons. The molecule has 1 amide bonds. The van der Waals surface area contributed by atoms with Crippen LogP contribution in [0, 0.1) is 12.3 Å². The number of nitrogens with zero attached hydrogens (tertiary/aromatic N) is 1. The van der Waals surface area contributed by atoms with Crippen LogP contribution in [0.25, 0.3) is 22.3 Å². The number of hydrogen-bond acceptors (Lipinski definition) is 6. The second-order valence-electron chi connectivity index (χ2n) is 10.0. The van der Waals surface area contributed by atoms with Gasteiger partial charge in [0.1, 0.15) is 22.7 Å². The first-order valence-electron chi connectivity index (χ1n) is 11.3. The first-order valence-corrected chi connectivity index (χ1v) is 11.9. The molecule has 1 aromatic heterocycles. The molecule has 2 aromatic carbocycles. The molecule has 3 rings (SSSR count). The predicted molar refractivity (Wildman–Crippen MR) is 137 cm³/mol. The zero-order chi connectivity index (χ0) is 25.8. The van der Waals surface area contributed by atoms with E-state index in [-0.39, 0.29) is 42.7 Å². The lowest BCUT2D eigenvalue weighted by molar-refractivity contribution is -0.124. The molecule has 3 aromatic rings. The fraction of sp³-hybridized carbons (Fsp3) is 0.423. The van der Waals surface area contributed by atoms with Gasteiger partial charge in [0.15, 0.2) is 6.61 Å². The second-order valence-corrected chi connectivity index (χ2v) is 10.3. The Morgan fingerprint density at radius 2 is 1.91 bits per heavy atom. The summed E-state index contributed by atoms with van der Waals surface area (Å²) in [5, 5.41) is 12.8. The number of aliphatic hydroxyl groups is 1. The number of carbonyl (C=O) groups excluding carboxylic acids is 1. The van der Waals surface area contributed by atoms with Gasteiger partial charge in [-0.05, 0) is 51.5 Å². The molecule has 9 heteroatoms. The van der Waals surface area contributed by atoms with Gasteiger partial charge >= 0.3 is 0 Å². The lowest BCUT2D eigenvalue weighted by Crippen LogP contribution is -2.43. The van der Waals surface area contributed by atoms with E-state index in [0.717, 1.165) is 5.56 Å². The number of amides is 1. The van der Waals surface area contributed by atoms with E-state index in [4.69, 9.17) is 21.1 Å². The van der Waals surface area contributed by atoms with Crippen molar-refractivity contribution in [2.45, 2.75) is 40.2 Å². The van der Waals surface area contributed by atoms with Crippen LogP contribution in [-0.4, -0.2) is 52.2 Å². The van der Waals surface area contributed by atoms with Crippen molar-refractivity contribution in [1.29, 1.82) is 0 Å². The average Bonchev–Trinajstić information content (AvgIpc) is 2.81. The van der Waals surface area contributed by atoms with Gasteiger partial charge in [-0.2, -0.15) is 0 Å². The summed E-state index contributed by atoms with van der Waals surface area (Å²) < 4.78 is 11.6. The van der Waals surface area contributed by atoms with E-state index in [2.05, 4.69) is 15.3 Å². The molecule has 0 spiro atoms. The molecule has 1 atom stereocenters. The minimum atomic E-state index is -0.638. The highest BCUT2D eigenvalue weighted by Gasteiger charge is 2.25. The summed E-state index contributed by atoms with van der Waals surface area (Å²) in [5.41, 5.74) is 0.541.